The van der Waals surface area contributed by atoms with Crippen LogP contribution < -0.4 is 0 Å². The number of nitrogens with zero attached hydrogens (tertiary/aromatic N) is 2. The van der Waals surface area contributed by atoms with Crippen molar-refractivity contribution < 1.29 is 18.4 Å². The summed E-state index contributed by atoms with van der Waals surface area (Å²) in [7, 11) is 0. The molecule has 0 N–H and O–H groups in total. The summed E-state index contributed by atoms with van der Waals surface area (Å²) in [4.78, 5) is 9.79. The fraction of sp³-hybridized carbons (Fsp3) is 0.417. The lowest BCUT2D eigenvalue weighted by molar-refractivity contribution is 0.0844. The monoisotopic (exact) mass is 412 g/mol. The van der Waals surface area contributed by atoms with Crippen LogP contribution >= 0.6 is 0 Å². The Balaban J connectivity index is 1.41. The summed E-state index contributed by atoms with van der Waals surface area (Å²) < 4.78 is 33.5. The van der Waals surface area contributed by atoms with Gasteiger partial charge in [0.1, 0.15) is 36.0 Å². The lowest BCUT2D eigenvalue weighted by Crippen LogP contribution is -2.14. The highest BCUT2D eigenvalue weighted by molar-refractivity contribution is 5.95. The van der Waals surface area contributed by atoms with Gasteiger partial charge in [-0.25, -0.2) is 13.8 Å². The Morgan fingerprint density at radius 1 is 1.00 bits per heavy atom. The van der Waals surface area contributed by atoms with E-state index in [0.29, 0.717) is 5.92 Å². The van der Waals surface area contributed by atoms with Gasteiger partial charge in [-0.1, -0.05) is 35.5 Å². The van der Waals surface area contributed by atoms with Crippen molar-refractivity contribution in [3.05, 3.63) is 70.8 Å². The van der Waals surface area contributed by atoms with Crippen molar-refractivity contribution >= 4 is 11.6 Å². The average molecular weight is 412 g/mol. The number of halogens is 2. The zero-order valence-electron chi connectivity index (χ0n) is 17.3. The zero-order valence-corrected chi connectivity index (χ0v) is 17.3. The van der Waals surface area contributed by atoms with Crippen LogP contribution in [0.25, 0.3) is 0 Å². The van der Waals surface area contributed by atoms with Crippen LogP contribution in [0.15, 0.2) is 52.6 Å². The molecular weight excluding hydrogens is 386 g/mol. The second-order valence-corrected chi connectivity index (χ2v) is 8.11. The number of rotatable bonds is 5. The Labute approximate surface area is 175 Å². The largest absolute Gasteiger partial charge is 0.475 e. The molecule has 0 bridgehead atoms. The molecule has 0 spiro atoms. The molecule has 0 amide bonds. The summed E-state index contributed by atoms with van der Waals surface area (Å²) in [6, 6.07) is 11.8. The second-order valence-electron chi connectivity index (χ2n) is 8.11. The third-order valence-corrected chi connectivity index (χ3v) is 5.58. The molecule has 158 valence electrons. The average Bonchev–Trinajstić information content (AvgIpc) is 3.22. The SMILES string of the molecule is CC(C)ON=C1CCC(c2ccc(C3COC(c4c(F)cccc4F)=N3)cc2)CC1. The minimum Gasteiger partial charge on any atom is -0.475 e. The summed E-state index contributed by atoms with van der Waals surface area (Å²) in [5.74, 6) is -0.793. The fourth-order valence-corrected chi connectivity index (χ4v) is 3.93. The van der Waals surface area contributed by atoms with Gasteiger partial charge in [-0.05, 0) is 68.7 Å². The Hall–Kier alpha value is -2.76. The van der Waals surface area contributed by atoms with Crippen LogP contribution in [0.3, 0.4) is 0 Å². The molecular formula is C24H26F2N2O2. The second kappa shape index (κ2) is 8.94. The Bertz CT molecular complexity index is 924. The van der Waals surface area contributed by atoms with Gasteiger partial charge in [-0.3, -0.25) is 0 Å². The van der Waals surface area contributed by atoms with Gasteiger partial charge in [0, 0.05) is 0 Å². The maximum atomic E-state index is 14.0. The van der Waals surface area contributed by atoms with Gasteiger partial charge in [-0.2, -0.15) is 0 Å². The van der Waals surface area contributed by atoms with E-state index in [-0.39, 0.29) is 30.2 Å². The molecule has 1 heterocycles. The van der Waals surface area contributed by atoms with Gasteiger partial charge in [0.2, 0.25) is 5.90 Å². The van der Waals surface area contributed by atoms with E-state index < -0.39 is 11.6 Å². The van der Waals surface area contributed by atoms with Crippen LogP contribution in [0.2, 0.25) is 0 Å². The van der Waals surface area contributed by atoms with Crippen molar-refractivity contribution in [1.82, 2.24) is 0 Å². The van der Waals surface area contributed by atoms with Crippen LogP contribution in [0.4, 0.5) is 8.78 Å². The molecule has 0 aromatic heterocycles. The minimum absolute atomic E-state index is 0.0300. The Morgan fingerprint density at radius 2 is 1.63 bits per heavy atom. The highest BCUT2D eigenvalue weighted by Gasteiger charge is 2.26. The molecule has 2 aliphatic rings. The maximum Gasteiger partial charge on any atom is 0.222 e. The van der Waals surface area contributed by atoms with Crippen molar-refractivity contribution in [3.63, 3.8) is 0 Å². The predicted octanol–water partition coefficient (Wildman–Crippen LogP) is 5.92. The van der Waals surface area contributed by atoms with Crippen molar-refractivity contribution in [2.24, 2.45) is 10.1 Å². The van der Waals surface area contributed by atoms with Crippen molar-refractivity contribution in [3.8, 4) is 0 Å². The Kier molecular flexibility index (Phi) is 6.11. The van der Waals surface area contributed by atoms with E-state index >= 15 is 0 Å². The lowest BCUT2D eigenvalue weighted by atomic mass is 9.83. The lowest BCUT2D eigenvalue weighted by Gasteiger charge is -2.23. The highest BCUT2D eigenvalue weighted by atomic mass is 19.1. The first kappa shape index (κ1) is 20.5. The van der Waals surface area contributed by atoms with Crippen LogP contribution in [0.1, 0.15) is 68.2 Å². The smallest absolute Gasteiger partial charge is 0.222 e. The normalized spacial score (nSPS) is 21.4. The summed E-state index contributed by atoms with van der Waals surface area (Å²) in [5.41, 5.74) is 3.22. The van der Waals surface area contributed by atoms with Crippen molar-refractivity contribution in [1.29, 1.82) is 0 Å². The van der Waals surface area contributed by atoms with Crippen molar-refractivity contribution in [2.45, 2.75) is 57.6 Å². The number of benzene rings is 2. The highest BCUT2D eigenvalue weighted by Crippen LogP contribution is 2.33. The van der Waals surface area contributed by atoms with Gasteiger partial charge >= 0.3 is 0 Å². The minimum atomic E-state index is -0.663. The van der Waals surface area contributed by atoms with Crippen LogP contribution in [-0.4, -0.2) is 24.3 Å². The molecule has 1 atom stereocenters. The number of hydrogen-bond acceptors (Lipinski definition) is 4. The van der Waals surface area contributed by atoms with Gasteiger partial charge in [-0.15, -0.1) is 0 Å². The molecule has 1 unspecified atom stereocenters. The molecule has 0 radical (unpaired) electrons. The van der Waals surface area contributed by atoms with Gasteiger partial charge in [0.25, 0.3) is 0 Å². The zero-order chi connectivity index (χ0) is 21.1. The summed E-state index contributed by atoms with van der Waals surface area (Å²) in [5, 5.41) is 4.26. The molecule has 4 nitrogen and oxygen atoms in total. The van der Waals surface area contributed by atoms with Crippen molar-refractivity contribution in [2.75, 3.05) is 6.61 Å². The molecule has 0 saturated heterocycles. The number of oxime groups is 1. The first-order valence-corrected chi connectivity index (χ1v) is 10.5. The third kappa shape index (κ3) is 4.53. The van der Waals surface area contributed by atoms with Gasteiger partial charge < -0.3 is 9.57 Å². The molecule has 30 heavy (non-hydrogen) atoms. The molecule has 1 aliphatic carbocycles. The molecule has 4 rings (SSSR count). The van der Waals surface area contributed by atoms with E-state index in [9.17, 15) is 8.78 Å². The van der Waals surface area contributed by atoms with Crippen LogP contribution in [0.5, 0.6) is 0 Å². The van der Waals surface area contributed by atoms with Gasteiger partial charge in [0.15, 0.2) is 0 Å². The van der Waals surface area contributed by atoms with Gasteiger partial charge in [0.05, 0.1) is 5.71 Å². The first-order valence-electron chi connectivity index (χ1n) is 10.5. The third-order valence-electron chi connectivity index (χ3n) is 5.58. The number of ether oxygens (including phenoxy) is 1. The molecule has 1 fully saturated rings. The van der Waals surface area contributed by atoms with E-state index in [2.05, 4.69) is 22.3 Å². The first-order chi connectivity index (χ1) is 14.5. The topological polar surface area (TPSA) is 43.2 Å². The summed E-state index contributed by atoms with van der Waals surface area (Å²) in [6.07, 6.45) is 4.14. The molecule has 2 aromatic carbocycles. The quantitative estimate of drug-likeness (QED) is 0.572. The van der Waals surface area contributed by atoms with Crippen LogP contribution in [-0.2, 0) is 9.57 Å². The number of aliphatic imine (C=N–C) groups is 1. The number of hydrogen-bond donors (Lipinski definition) is 0. The van der Waals surface area contributed by atoms with E-state index in [1.165, 1.54) is 23.8 Å². The standard InChI is InChI=1S/C24H26F2N2O2/c1-15(2)30-28-19-12-10-17(11-13-19)16-6-8-18(9-7-16)22-14-29-24(27-22)23-20(25)4-3-5-21(23)26/h3-9,15,17,22H,10-14H2,1-2H3. The van der Waals surface area contributed by atoms with E-state index in [1.807, 2.05) is 26.0 Å². The molecule has 1 saturated carbocycles. The van der Waals surface area contributed by atoms with E-state index in [4.69, 9.17) is 9.57 Å². The molecule has 6 heteroatoms. The molecule has 2 aromatic rings. The Morgan fingerprint density at radius 3 is 2.27 bits per heavy atom. The maximum absolute atomic E-state index is 14.0. The van der Waals surface area contributed by atoms with E-state index in [1.54, 1.807) is 0 Å². The summed E-state index contributed by atoms with van der Waals surface area (Å²) >= 11 is 0. The van der Waals surface area contributed by atoms with E-state index in [0.717, 1.165) is 37.0 Å². The van der Waals surface area contributed by atoms with Crippen LogP contribution in [0, 0.1) is 11.6 Å². The fourth-order valence-electron chi connectivity index (χ4n) is 3.93. The summed E-state index contributed by atoms with van der Waals surface area (Å²) in [6.45, 7) is 4.24. The predicted molar refractivity (Wildman–Crippen MR) is 113 cm³/mol. The molecule has 1 aliphatic heterocycles.